The van der Waals surface area contributed by atoms with Crippen LogP contribution in [0.25, 0.3) is 0 Å². The minimum atomic E-state index is 0.687. The highest BCUT2D eigenvalue weighted by atomic mass is 15.1. The molecule has 1 saturated heterocycles. The summed E-state index contributed by atoms with van der Waals surface area (Å²) in [5, 5.41) is 3.55. The molecule has 25 heavy (non-hydrogen) atoms. The van der Waals surface area contributed by atoms with Gasteiger partial charge in [0.15, 0.2) is 0 Å². The van der Waals surface area contributed by atoms with Crippen molar-refractivity contribution in [2.75, 3.05) is 31.5 Å². The summed E-state index contributed by atoms with van der Waals surface area (Å²) in [4.78, 5) is 11.4. The first-order valence-corrected chi connectivity index (χ1v) is 9.69. The van der Waals surface area contributed by atoms with E-state index in [1.807, 2.05) is 0 Å². The Balaban J connectivity index is 1.24. The molecule has 1 saturated carbocycles. The molecule has 0 unspecified atom stereocenters. The van der Waals surface area contributed by atoms with Gasteiger partial charge in [-0.3, -0.25) is 0 Å². The Morgan fingerprint density at radius 3 is 2.80 bits per heavy atom. The molecule has 2 heterocycles. The molecule has 1 aliphatic heterocycles. The van der Waals surface area contributed by atoms with Crippen LogP contribution < -0.4 is 5.32 Å². The van der Waals surface area contributed by atoms with E-state index in [0.717, 1.165) is 18.8 Å². The summed E-state index contributed by atoms with van der Waals surface area (Å²) in [6.45, 7) is 4.62. The second-order valence-corrected chi connectivity index (χ2v) is 7.53. The van der Waals surface area contributed by atoms with Gasteiger partial charge >= 0.3 is 0 Å². The van der Waals surface area contributed by atoms with Crippen molar-refractivity contribution in [3.05, 3.63) is 54.0 Å². The Morgan fingerprint density at radius 2 is 1.96 bits per heavy atom. The average molecular weight is 336 g/mol. The highest BCUT2D eigenvalue weighted by Gasteiger charge is 2.25. The van der Waals surface area contributed by atoms with Crippen LogP contribution in [0.2, 0.25) is 0 Å². The van der Waals surface area contributed by atoms with E-state index in [1.54, 1.807) is 6.33 Å². The van der Waals surface area contributed by atoms with Crippen LogP contribution in [0, 0.1) is 5.92 Å². The van der Waals surface area contributed by atoms with Crippen molar-refractivity contribution in [3.63, 3.8) is 0 Å². The zero-order valence-corrected chi connectivity index (χ0v) is 14.9. The number of anilines is 1. The van der Waals surface area contributed by atoms with Crippen LogP contribution in [0.4, 0.5) is 5.82 Å². The molecule has 0 amide bonds. The van der Waals surface area contributed by atoms with Crippen LogP contribution in [0.3, 0.4) is 0 Å². The Hall–Kier alpha value is -1.94. The number of nitrogens with zero attached hydrogens (tertiary/aromatic N) is 3. The lowest BCUT2D eigenvalue weighted by molar-refractivity contribution is 0.182. The zero-order chi connectivity index (χ0) is 16.9. The fourth-order valence-corrected chi connectivity index (χ4v) is 3.77. The largest absolute Gasteiger partial charge is 0.370 e. The molecule has 0 radical (unpaired) electrons. The Morgan fingerprint density at radius 1 is 1.08 bits per heavy atom. The van der Waals surface area contributed by atoms with Crippen molar-refractivity contribution >= 4 is 5.82 Å². The van der Waals surface area contributed by atoms with E-state index in [4.69, 9.17) is 0 Å². The Kier molecular flexibility index (Phi) is 5.26. The molecule has 1 aliphatic carbocycles. The molecule has 1 N–H and O–H groups in total. The summed E-state index contributed by atoms with van der Waals surface area (Å²) in [5.41, 5.74) is 2.65. The van der Waals surface area contributed by atoms with Crippen molar-refractivity contribution in [3.8, 4) is 0 Å². The van der Waals surface area contributed by atoms with E-state index in [2.05, 4.69) is 56.6 Å². The van der Waals surface area contributed by atoms with Crippen molar-refractivity contribution in [2.45, 2.75) is 38.0 Å². The van der Waals surface area contributed by atoms with Crippen LogP contribution in [0.5, 0.6) is 0 Å². The van der Waals surface area contributed by atoms with Gasteiger partial charge in [-0.05, 0) is 50.1 Å². The maximum absolute atomic E-state index is 4.40. The second-order valence-electron chi connectivity index (χ2n) is 7.53. The topological polar surface area (TPSA) is 41.0 Å². The molecule has 2 aromatic rings. The van der Waals surface area contributed by atoms with Crippen LogP contribution in [-0.4, -0.2) is 41.0 Å². The van der Waals surface area contributed by atoms with Crippen molar-refractivity contribution in [1.29, 1.82) is 0 Å². The Labute approximate surface area is 150 Å². The van der Waals surface area contributed by atoms with E-state index >= 15 is 0 Å². The first kappa shape index (κ1) is 16.5. The minimum Gasteiger partial charge on any atom is -0.370 e. The van der Waals surface area contributed by atoms with Gasteiger partial charge in [0.25, 0.3) is 0 Å². The van der Waals surface area contributed by atoms with E-state index in [1.165, 1.54) is 56.6 Å². The predicted molar refractivity (Wildman–Crippen MR) is 102 cm³/mol. The van der Waals surface area contributed by atoms with Gasteiger partial charge in [0, 0.05) is 37.3 Å². The average Bonchev–Trinajstić information content (AvgIpc) is 3.52. The number of piperidine rings is 1. The van der Waals surface area contributed by atoms with Gasteiger partial charge in [0.2, 0.25) is 0 Å². The second kappa shape index (κ2) is 7.96. The lowest BCUT2D eigenvalue weighted by atomic mass is 9.97. The van der Waals surface area contributed by atoms with Gasteiger partial charge in [-0.2, -0.15) is 0 Å². The lowest BCUT2D eigenvalue weighted by Crippen LogP contribution is -2.39. The van der Waals surface area contributed by atoms with Crippen LogP contribution in [0.1, 0.15) is 42.9 Å². The lowest BCUT2D eigenvalue weighted by Gasteiger charge is -2.33. The number of likely N-dealkylation sites (tertiary alicyclic amines) is 1. The summed E-state index contributed by atoms with van der Waals surface area (Å²) < 4.78 is 0. The Bertz CT molecular complexity index is 669. The van der Waals surface area contributed by atoms with E-state index in [0.29, 0.717) is 11.8 Å². The van der Waals surface area contributed by atoms with Crippen LogP contribution in [-0.2, 0) is 6.42 Å². The fourth-order valence-electron chi connectivity index (χ4n) is 3.77. The van der Waals surface area contributed by atoms with Crippen LogP contribution in [0.15, 0.2) is 42.7 Å². The summed E-state index contributed by atoms with van der Waals surface area (Å²) >= 11 is 0. The van der Waals surface area contributed by atoms with Gasteiger partial charge in [0.05, 0.1) is 0 Å². The number of rotatable bonds is 7. The predicted octanol–water partition coefficient (Wildman–Crippen LogP) is 3.72. The molecule has 1 aromatic heterocycles. The number of benzene rings is 1. The minimum absolute atomic E-state index is 0.687. The standard InChI is InChI=1S/C21H28N4/c1-2-5-17(6-3-1)10-12-25-11-4-7-18(15-25)14-22-21-13-20(19-8-9-19)23-16-24-21/h1-3,5-6,13,16,18-19H,4,7-12,14-15H2,(H,22,23,24)/t18-/m1/s1. The SMILES string of the molecule is c1ccc(CCN2CCC[C@H](CNc3cc(C4CC4)ncn3)C2)cc1. The maximum atomic E-state index is 4.40. The zero-order valence-electron chi connectivity index (χ0n) is 14.9. The maximum Gasteiger partial charge on any atom is 0.129 e. The van der Waals surface area contributed by atoms with Gasteiger partial charge in [-0.15, -0.1) is 0 Å². The number of aromatic nitrogens is 2. The van der Waals surface area contributed by atoms with Gasteiger partial charge < -0.3 is 10.2 Å². The first-order valence-electron chi connectivity index (χ1n) is 9.69. The molecule has 1 atom stereocenters. The molecule has 0 bridgehead atoms. The van der Waals surface area contributed by atoms with Crippen molar-refractivity contribution < 1.29 is 0 Å². The molecule has 4 heteroatoms. The van der Waals surface area contributed by atoms with E-state index in [9.17, 15) is 0 Å². The molecule has 4 rings (SSSR count). The third-order valence-corrected chi connectivity index (χ3v) is 5.42. The van der Waals surface area contributed by atoms with Crippen molar-refractivity contribution in [1.82, 2.24) is 14.9 Å². The number of nitrogens with one attached hydrogen (secondary N) is 1. The third kappa shape index (κ3) is 4.79. The molecule has 0 spiro atoms. The third-order valence-electron chi connectivity index (χ3n) is 5.42. The highest BCUT2D eigenvalue weighted by Crippen LogP contribution is 2.39. The number of hydrogen-bond donors (Lipinski definition) is 1. The van der Waals surface area contributed by atoms with Gasteiger partial charge in [-0.25, -0.2) is 9.97 Å². The monoisotopic (exact) mass is 336 g/mol. The molecular weight excluding hydrogens is 308 g/mol. The fraction of sp³-hybridized carbons (Fsp3) is 0.524. The highest BCUT2D eigenvalue weighted by molar-refractivity contribution is 5.36. The summed E-state index contributed by atoms with van der Waals surface area (Å²) in [5.74, 6) is 2.40. The van der Waals surface area contributed by atoms with Gasteiger partial charge in [0.1, 0.15) is 12.1 Å². The van der Waals surface area contributed by atoms with E-state index < -0.39 is 0 Å². The molecule has 2 fully saturated rings. The molecule has 4 nitrogen and oxygen atoms in total. The molecule has 2 aliphatic rings. The first-order chi connectivity index (χ1) is 12.4. The van der Waals surface area contributed by atoms with Gasteiger partial charge in [-0.1, -0.05) is 30.3 Å². The van der Waals surface area contributed by atoms with E-state index in [-0.39, 0.29) is 0 Å². The summed E-state index contributed by atoms with van der Waals surface area (Å²) in [6, 6.07) is 13.0. The summed E-state index contributed by atoms with van der Waals surface area (Å²) in [6.07, 6.45) is 8.05. The quantitative estimate of drug-likeness (QED) is 0.837. The normalized spacial score (nSPS) is 21.2. The van der Waals surface area contributed by atoms with Crippen LogP contribution >= 0.6 is 0 Å². The smallest absolute Gasteiger partial charge is 0.129 e. The molecule has 132 valence electrons. The number of hydrogen-bond acceptors (Lipinski definition) is 4. The van der Waals surface area contributed by atoms with Crippen molar-refractivity contribution in [2.24, 2.45) is 5.92 Å². The molecular formula is C21H28N4. The summed E-state index contributed by atoms with van der Waals surface area (Å²) in [7, 11) is 0. The molecule has 1 aromatic carbocycles.